The Bertz CT molecular complexity index is 87.1. The first-order valence-electron chi connectivity index (χ1n) is 1.71. The van der Waals surface area contributed by atoms with Crippen LogP contribution in [0.4, 0.5) is 8.78 Å². The van der Waals surface area contributed by atoms with Gasteiger partial charge in [0.05, 0.1) is 0 Å². The van der Waals surface area contributed by atoms with Crippen molar-refractivity contribution in [1.82, 2.24) is 0 Å². The third-order valence-corrected chi connectivity index (χ3v) is 2.58. The summed E-state index contributed by atoms with van der Waals surface area (Å²) in [5.74, 6) is -2.52. The van der Waals surface area contributed by atoms with Crippen molar-refractivity contribution < 1.29 is 8.78 Å². The van der Waals surface area contributed by atoms with Crippen LogP contribution in [0.3, 0.4) is 0 Å². The van der Waals surface area contributed by atoms with Crippen LogP contribution in [0.2, 0.25) is 0 Å². The molecule has 1 aliphatic rings. The maximum Gasteiger partial charge on any atom is 0.275 e. The molecule has 0 aliphatic heterocycles. The molecule has 0 spiro atoms. The molecule has 42 valence electrons. The van der Waals surface area contributed by atoms with Gasteiger partial charge in [-0.3, -0.25) is 0 Å². The van der Waals surface area contributed by atoms with Gasteiger partial charge in [-0.15, -0.1) is 0 Å². The summed E-state index contributed by atoms with van der Waals surface area (Å²) in [5, 5.41) is 0. The summed E-state index contributed by atoms with van der Waals surface area (Å²) in [5.41, 5.74) is 0. The smallest absolute Gasteiger partial charge is 0.204 e. The van der Waals surface area contributed by atoms with E-state index < -0.39 is 9.16 Å². The fourth-order valence-electron chi connectivity index (χ4n) is 0.235. The molecule has 0 amide bonds. The highest BCUT2D eigenvalue weighted by atomic mass is 79.9. The van der Waals surface area contributed by atoms with Gasteiger partial charge in [0, 0.05) is 6.42 Å². The average Bonchev–Trinajstić information content (AvgIpc) is 1.63. The zero-order chi connectivity index (χ0) is 5.71. The molecular weight excluding hydrogens is 234 g/mol. The van der Waals surface area contributed by atoms with Crippen LogP contribution in [0.15, 0.2) is 0 Å². The van der Waals surface area contributed by atoms with Crippen molar-refractivity contribution in [3.8, 4) is 0 Å². The van der Waals surface area contributed by atoms with E-state index in [1.54, 1.807) is 0 Å². The van der Waals surface area contributed by atoms with Crippen LogP contribution >= 0.6 is 31.9 Å². The van der Waals surface area contributed by atoms with Gasteiger partial charge in [-0.1, -0.05) is 31.9 Å². The average molecular weight is 236 g/mol. The van der Waals surface area contributed by atoms with Crippen LogP contribution in [-0.4, -0.2) is 9.16 Å². The Morgan fingerprint density at radius 1 is 1.29 bits per heavy atom. The van der Waals surface area contributed by atoms with Crippen LogP contribution in [0.5, 0.6) is 0 Å². The van der Waals surface area contributed by atoms with Gasteiger partial charge in [0.1, 0.15) is 3.23 Å². The van der Waals surface area contributed by atoms with Crippen LogP contribution < -0.4 is 0 Å². The normalized spacial score (nSPS) is 32.6. The second-order valence-electron chi connectivity index (χ2n) is 1.59. The van der Waals surface area contributed by atoms with Crippen molar-refractivity contribution >= 4 is 31.9 Å². The first-order valence-corrected chi connectivity index (χ1v) is 3.30. The molecule has 0 bridgehead atoms. The van der Waals surface area contributed by atoms with Crippen molar-refractivity contribution in [1.29, 1.82) is 0 Å². The Kier molecular flexibility index (Phi) is 1.03. The minimum Gasteiger partial charge on any atom is -0.204 e. The zero-order valence-electron chi connectivity index (χ0n) is 3.22. The van der Waals surface area contributed by atoms with Crippen LogP contribution in [0, 0.1) is 0 Å². The van der Waals surface area contributed by atoms with E-state index in [1.165, 1.54) is 0 Å². The highest BCUT2D eigenvalue weighted by Crippen LogP contribution is 2.63. The van der Waals surface area contributed by atoms with E-state index in [0.717, 1.165) is 0 Å². The largest absolute Gasteiger partial charge is 0.275 e. The quantitative estimate of drug-likeness (QED) is 0.566. The Morgan fingerprint density at radius 3 is 1.43 bits per heavy atom. The lowest BCUT2D eigenvalue weighted by molar-refractivity contribution is 0.120. The summed E-state index contributed by atoms with van der Waals surface area (Å²) >= 11 is 5.55. The Hall–Kier alpha value is 0.820. The Balaban J connectivity index is 2.59. The lowest BCUT2D eigenvalue weighted by Gasteiger charge is -1.91. The molecule has 1 aliphatic carbocycles. The predicted octanol–water partition coefficient (Wildman–Crippen LogP) is 2.51. The molecule has 0 radical (unpaired) electrons. The number of rotatable bonds is 0. The zero-order valence-corrected chi connectivity index (χ0v) is 6.39. The molecule has 1 rings (SSSR count). The van der Waals surface area contributed by atoms with E-state index >= 15 is 0 Å². The van der Waals surface area contributed by atoms with Gasteiger partial charge in [-0.05, 0) is 0 Å². The Morgan fingerprint density at radius 2 is 1.43 bits per heavy atom. The second kappa shape index (κ2) is 1.21. The maximum absolute atomic E-state index is 11.8. The molecule has 0 aromatic carbocycles. The molecule has 7 heavy (non-hydrogen) atoms. The van der Waals surface area contributed by atoms with Gasteiger partial charge in [-0.25, -0.2) is 8.78 Å². The summed E-state index contributed by atoms with van der Waals surface area (Å²) < 4.78 is 22.6. The van der Waals surface area contributed by atoms with Gasteiger partial charge in [0.15, 0.2) is 0 Å². The van der Waals surface area contributed by atoms with Gasteiger partial charge in [-0.2, -0.15) is 0 Å². The lowest BCUT2D eigenvalue weighted by Crippen LogP contribution is -1.98. The van der Waals surface area contributed by atoms with E-state index in [9.17, 15) is 8.78 Å². The third-order valence-electron chi connectivity index (χ3n) is 0.854. The highest BCUT2D eigenvalue weighted by molar-refractivity contribution is 9.25. The lowest BCUT2D eigenvalue weighted by atomic mass is 10.8. The minimum absolute atomic E-state index is 0.0972. The number of hydrogen-bond donors (Lipinski definition) is 0. The first-order chi connectivity index (χ1) is 2.96. The van der Waals surface area contributed by atoms with Crippen molar-refractivity contribution in [2.45, 2.75) is 15.6 Å². The molecule has 0 aromatic rings. The number of alkyl halides is 4. The first kappa shape index (κ1) is 5.95. The Labute approximate surface area is 56.5 Å². The van der Waals surface area contributed by atoms with E-state index in [0.29, 0.717) is 0 Å². The molecule has 1 fully saturated rings. The molecule has 4 heteroatoms. The summed E-state index contributed by atoms with van der Waals surface area (Å²) in [6.45, 7) is 0. The van der Waals surface area contributed by atoms with Gasteiger partial charge in [0.2, 0.25) is 0 Å². The standard InChI is InChI=1S/C3H2Br2F2/c4-2(5)1-3(2,6)7/h1H2. The highest BCUT2D eigenvalue weighted by Gasteiger charge is 2.68. The summed E-state index contributed by atoms with van der Waals surface area (Å²) in [6, 6.07) is 0. The fourth-order valence-corrected chi connectivity index (χ4v) is 0.939. The fraction of sp³-hybridized carbons (Fsp3) is 1.00. The molecule has 0 unspecified atom stereocenters. The molecule has 0 N–H and O–H groups in total. The summed E-state index contributed by atoms with van der Waals surface area (Å²) in [6.07, 6.45) is -0.0972. The monoisotopic (exact) mass is 234 g/mol. The molecule has 0 atom stereocenters. The van der Waals surface area contributed by atoms with Gasteiger partial charge in [0.25, 0.3) is 5.92 Å². The summed E-state index contributed by atoms with van der Waals surface area (Å²) in [7, 11) is 0. The van der Waals surface area contributed by atoms with E-state index in [-0.39, 0.29) is 6.42 Å². The van der Waals surface area contributed by atoms with E-state index in [4.69, 9.17) is 0 Å². The van der Waals surface area contributed by atoms with Crippen LogP contribution in [0.25, 0.3) is 0 Å². The number of halogens is 4. The SMILES string of the molecule is FC1(F)CC1(Br)Br. The maximum atomic E-state index is 11.8. The summed E-state index contributed by atoms with van der Waals surface area (Å²) in [4.78, 5) is 0. The number of hydrogen-bond acceptors (Lipinski definition) is 0. The van der Waals surface area contributed by atoms with Crippen molar-refractivity contribution in [3.05, 3.63) is 0 Å². The predicted molar refractivity (Wildman–Crippen MR) is 30.1 cm³/mol. The molecule has 0 saturated heterocycles. The molecular formula is C3H2Br2F2. The van der Waals surface area contributed by atoms with E-state index in [1.807, 2.05) is 0 Å². The molecule has 0 aromatic heterocycles. The van der Waals surface area contributed by atoms with Crippen molar-refractivity contribution in [3.63, 3.8) is 0 Å². The van der Waals surface area contributed by atoms with Gasteiger partial charge >= 0.3 is 0 Å². The van der Waals surface area contributed by atoms with Crippen molar-refractivity contribution in [2.75, 3.05) is 0 Å². The van der Waals surface area contributed by atoms with Crippen molar-refractivity contribution in [2.24, 2.45) is 0 Å². The molecule has 0 nitrogen and oxygen atoms in total. The minimum atomic E-state index is -2.52. The van der Waals surface area contributed by atoms with E-state index in [2.05, 4.69) is 31.9 Å². The van der Waals surface area contributed by atoms with Gasteiger partial charge < -0.3 is 0 Å². The molecule has 0 heterocycles. The van der Waals surface area contributed by atoms with Crippen LogP contribution in [0.1, 0.15) is 6.42 Å². The topological polar surface area (TPSA) is 0 Å². The second-order valence-corrected chi connectivity index (χ2v) is 5.36. The third kappa shape index (κ3) is 0.830. The molecule has 1 saturated carbocycles. The van der Waals surface area contributed by atoms with Crippen LogP contribution in [-0.2, 0) is 0 Å².